The van der Waals surface area contributed by atoms with E-state index in [9.17, 15) is 10.1 Å². The van der Waals surface area contributed by atoms with Crippen molar-refractivity contribution in [2.75, 3.05) is 0 Å². The van der Waals surface area contributed by atoms with Crippen molar-refractivity contribution in [3.05, 3.63) is 52.5 Å². The first-order valence-electron chi connectivity index (χ1n) is 5.62. The third kappa shape index (κ3) is 2.02. The van der Waals surface area contributed by atoms with E-state index in [-0.39, 0.29) is 11.7 Å². The second-order valence-electron chi connectivity index (χ2n) is 3.92. The molecule has 0 spiro atoms. The molecule has 19 heavy (non-hydrogen) atoms. The van der Waals surface area contributed by atoms with Gasteiger partial charge in [0, 0.05) is 0 Å². The quantitative estimate of drug-likeness (QED) is 0.683. The Morgan fingerprint density at radius 1 is 1.32 bits per heavy atom. The Balaban J connectivity index is 2.03. The normalized spacial score (nSPS) is 12.2. The number of ketones is 1. The third-order valence-corrected chi connectivity index (χ3v) is 3.60. The lowest BCUT2D eigenvalue weighted by Crippen LogP contribution is -2.10. The number of carbonyl (C=O) groups excluding carboxylic acids is 1. The molecule has 92 valence electrons. The van der Waals surface area contributed by atoms with Crippen LogP contribution >= 0.6 is 11.3 Å². The monoisotopic (exact) mass is 268 g/mol. The predicted molar refractivity (Wildman–Crippen MR) is 71.0 cm³/mol. The lowest BCUT2D eigenvalue weighted by molar-refractivity contribution is 0.0974. The minimum absolute atomic E-state index is 0.155. The van der Waals surface area contributed by atoms with Gasteiger partial charge in [0.15, 0.2) is 17.3 Å². The number of para-hydroxylation sites is 2. The van der Waals surface area contributed by atoms with Crippen molar-refractivity contribution in [1.29, 1.82) is 5.26 Å². The molecule has 5 heteroatoms. The van der Waals surface area contributed by atoms with Crippen molar-refractivity contribution in [1.82, 2.24) is 4.98 Å². The van der Waals surface area contributed by atoms with Gasteiger partial charge in [-0.25, -0.2) is 4.98 Å². The molecular weight excluding hydrogens is 260 g/mol. The van der Waals surface area contributed by atoms with Crippen molar-refractivity contribution < 1.29 is 9.21 Å². The van der Waals surface area contributed by atoms with Crippen LogP contribution in [0.25, 0.3) is 11.1 Å². The predicted octanol–water partition coefficient (Wildman–Crippen LogP) is 3.38. The summed E-state index contributed by atoms with van der Waals surface area (Å²) in [4.78, 5) is 16.9. The Bertz CT molecular complexity index is 735. The minimum Gasteiger partial charge on any atom is -0.439 e. The number of Topliss-reactive ketones (excluding diaryl/α,β-unsaturated/α-hetero) is 1. The highest BCUT2D eigenvalue weighted by Gasteiger charge is 2.27. The zero-order valence-corrected chi connectivity index (χ0v) is 10.6. The van der Waals surface area contributed by atoms with Gasteiger partial charge in [-0.15, -0.1) is 11.3 Å². The Morgan fingerprint density at radius 2 is 2.16 bits per heavy atom. The molecule has 3 aromatic rings. The maximum absolute atomic E-state index is 12.2. The highest BCUT2D eigenvalue weighted by Crippen LogP contribution is 2.25. The van der Waals surface area contributed by atoms with Crippen molar-refractivity contribution in [3.8, 4) is 6.07 Å². The second kappa shape index (κ2) is 4.67. The summed E-state index contributed by atoms with van der Waals surface area (Å²) in [5.74, 6) is -1.11. The molecule has 4 nitrogen and oxygen atoms in total. The van der Waals surface area contributed by atoms with E-state index in [1.807, 2.05) is 18.2 Å². The summed E-state index contributed by atoms with van der Waals surface area (Å²) in [6, 6.07) is 12.6. The number of thiophene rings is 1. The van der Waals surface area contributed by atoms with Crippen LogP contribution in [0.5, 0.6) is 0 Å². The van der Waals surface area contributed by atoms with Gasteiger partial charge < -0.3 is 4.42 Å². The Labute approximate surface area is 112 Å². The summed E-state index contributed by atoms with van der Waals surface area (Å²) in [6.07, 6.45) is 0. The van der Waals surface area contributed by atoms with Crippen LogP contribution < -0.4 is 0 Å². The Kier molecular flexibility index (Phi) is 2.86. The van der Waals surface area contributed by atoms with Crippen molar-refractivity contribution in [2.45, 2.75) is 5.92 Å². The zero-order chi connectivity index (χ0) is 13.2. The molecule has 1 unspecified atom stereocenters. The summed E-state index contributed by atoms with van der Waals surface area (Å²) in [5, 5.41) is 11.0. The van der Waals surface area contributed by atoms with Crippen LogP contribution in [0, 0.1) is 11.3 Å². The van der Waals surface area contributed by atoms with E-state index in [2.05, 4.69) is 4.98 Å². The van der Waals surface area contributed by atoms with E-state index in [1.165, 1.54) is 11.3 Å². The largest absolute Gasteiger partial charge is 0.439 e. The highest BCUT2D eigenvalue weighted by atomic mass is 32.1. The molecule has 0 aliphatic rings. The van der Waals surface area contributed by atoms with E-state index in [0.29, 0.717) is 16.0 Å². The minimum atomic E-state index is -0.994. The summed E-state index contributed by atoms with van der Waals surface area (Å²) < 4.78 is 5.49. The van der Waals surface area contributed by atoms with Gasteiger partial charge in [-0.1, -0.05) is 18.2 Å². The summed E-state index contributed by atoms with van der Waals surface area (Å²) in [6.45, 7) is 0. The van der Waals surface area contributed by atoms with Gasteiger partial charge in [0.2, 0.25) is 5.89 Å². The maximum atomic E-state index is 12.2. The number of fused-ring (bicyclic) bond motifs is 1. The van der Waals surface area contributed by atoms with Gasteiger partial charge >= 0.3 is 0 Å². The fourth-order valence-corrected chi connectivity index (χ4v) is 2.50. The fraction of sp³-hybridized carbons (Fsp3) is 0.0714. The first-order valence-corrected chi connectivity index (χ1v) is 6.50. The summed E-state index contributed by atoms with van der Waals surface area (Å²) in [7, 11) is 0. The number of nitrogens with zero attached hydrogens (tertiary/aromatic N) is 2. The average Bonchev–Trinajstić information content (AvgIpc) is 3.08. The highest BCUT2D eigenvalue weighted by molar-refractivity contribution is 7.12. The molecule has 0 fully saturated rings. The van der Waals surface area contributed by atoms with Crippen molar-refractivity contribution in [2.24, 2.45) is 0 Å². The number of hydrogen-bond acceptors (Lipinski definition) is 5. The molecule has 0 aliphatic carbocycles. The molecule has 0 radical (unpaired) electrons. The van der Waals surface area contributed by atoms with E-state index < -0.39 is 5.92 Å². The van der Waals surface area contributed by atoms with Crippen LogP contribution in [0.15, 0.2) is 46.2 Å². The molecule has 0 bridgehead atoms. The van der Waals surface area contributed by atoms with Crippen LogP contribution in [0.4, 0.5) is 0 Å². The van der Waals surface area contributed by atoms with E-state index in [0.717, 1.165) is 0 Å². The van der Waals surface area contributed by atoms with Crippen LogP contribution in [-0.2, 0) is 0 Å². The van der Waals surface area contributed by atoms with Crippen molar-refractivity contribution >= 4 is 28.2 Å². The van der Waals surface area contributed by atoms with Crippen molar-refractivity contribution in [3.63, 3.8) is 0 Å². The van der Waals surface area contributed by atoms with E-state index >= 15 is 0 Å². The van der Waals surface area contributed by atoms with Gasteiger partial charge in [0.05, 0.1) is 10.9 Å². The molecule has 2 heterocycles. The molecule has 3 rings (SSSR count). The standard InChI is InChI=1S/C14H8N2O2S/c15-8-9(13(17)12-6-3-7-19-12)14-16-10-4-1-2-5-11(10)18-14/h1-7,9H. The molecule has 2 aromatic heterocycles. The molecular formula is C14H8N2O2S. The van der Waals surface area contributed by atoms with Crippen LogP contribution in [-0.4, -0.2) is 10.8 Å². The van der Waals surface area contributed by atoms with E-state index in [1.54, 1.807) is 29.6 Å². The summed E-state index contributed by atoms with van der Waals surface area (Å²) >= 11 is 1.31. The second-order valence-corrected chi connectivity index (χ2v) is 4.87. The van der Waals surface area contributed by atoms with Gasteiger partial charge in [-0.05, 0) is 23.6 Å². The fourth-order valence-electron chi connectivity index (χ4n) is 1.80. The lowest BCUT2D eigenvalue weighted by Gasteiger charge is -2.00. The van der Waals surface area contributed by atoms with Crippen LogP contribution in [0.1, 0.15) is 21.5 Å². The SMILES string of the molecule is N#CC(C(=O)c1cccs1)c1nc2ccccc2o1. The number of rotatable bonds is 3. The number of nitriles is 1. The number of oxazole rings is 1. The van der Waals surface area contributed by atoms with Gasteiger partial charge in [-0.2, -0.15) is 5.26 Å². The van der Waals surface area contributed by atoms with Gasteiger partial charge in [0.25, 0.3) is 0 Å². The van der Waals surface area contributed by atoms with E-state index in [4.69, 9.17) is 4.42 Å². The number of benzene rings is 1. The maximum Gasteiger partial charge on any atom is 0.220 e. The Hall–Kier alpha value is -2.45. The average molecular weight is 268 g/mol. The van der Waals surface area contributed by atoms with Crippen LogP contribution in [0.2, 0.25) is 0 Å². The molecule has 0 amide bonds. The first-order chi connectivity index (χ1) is 9.29. The number of aromatic nitrogens is 1. The lowest BCUT2D eigenvalue weighted by atomic mass is 10.1. The zero-order valence-electron chi connectivity index (χ0n) is 9.74. The Morgan fingerprint density at radius 3 is 2.84 bits per heavy atom. The molecule has 1 aromatic carbocycles. The molecule has 1 atom stereocenters. The molecule has 0 aliphatic heterocycles. The number of carbonyl (C=O) groups is 1. The van der Waals surface area contributed by atoms with Crippen LogP contribution in [0.3, 0.4) is 0 Å². The molecule has 0 N–H and O–H groups in total. The first kappa shape index (κ1) is 11.6. The van der Waals surface area contributed by atoms with Gasteiger partial charge in [-0.3, -0.25) is 4.79 Å². The summed E-state index contributed by atoms with van der Waals surface area (Å²) in [5.41, 5.74) is 1.23. The smallest absolute Gasteiger partial charge is 0.220 e. The number of hydrogen-bond donors (Lipinski definition) is 0. The third-order valence-electron chi connectivity index (χ3n) is 2.71. The molecule has 0 saturated heterocycles. The topological polar surface area (TPSA) is 66.9 Å². The van der Waals surface area contributed by atoms with Gasteiger partial charge in [0.1, 0.15) is 5.52 Å². The molecule has 0 saturated carbocycles.